The minimum absolute atomic E-state index is 0.0214. The molecule has 30 heavy (non-hydrogen) atoms. The highest BCUT2D eigenvalue weighted by atomic mass is 16.2. The zero-order chi connectivity index (χ0) is 20.6. The van der Waals surface area contributed by atoms with Crippen molar-refractivity contribution in [3.05, 3.63) is 65.5 Å². The molecule has 1 spiro atoms. The van der Waals surface area contributed by atoms with Crippen molar-refractivity contribution in [1.82, 2.24) is 15.2 Å². The van der Waals surface area contributed by atoms with Crippen molar-refractivity contribution >= 4 is 11.8 Å². The van der Waals surface area contributed by atoms with E-state index in [1.807, 2.05) is 17.0 Å². The number of carbonyl (C=O) groups is 2. The first-order valence-corrected chi connectivity index (χ1v) is 11.2. The summed E-state index contributed by atoms with van der Waals surface area (Å²) in [5.74, 6) is 0.492. The normalized spacial score (nSPS) is 22.4. The van der Waals surface area contributed by atoms with E-state index in [9.17, 15) is 9.59 Å². The van der Waals surface area contributed by atoms with Crippen LogP contribution in [0.2, 0.25) is 0 Å². The van der Waals surface area contributed by atoms with E-state index in [0.717, 1.165) is 45.2 Å². The van der Waals surface area contributed by atoms with Crippen molar-refractivity contribution in [3.8, 4) is 0 Å². The van der Waals surface area contributed by atoms with Crippen LogP contribution in [0.4, 0.5) is 0 Å². The van der Waals surface area contributed by atoms with Gasteiger partial charge in [-0.2, -0.15) is 0 Å². The lowest BCUT2D eigenvalue weighted by atomic mass is 9.73. The van der Waals surface area contributed by atoms with Gasteiger partial charge in [0.15, 0.2) is 0 Å². The van der Waals surface area contributed by atoms with Crippen molar-refractivity contribution in [2.45, 2.75) is 62.3 Å². The molecule has 3 aliphatic rings. The van der Waals surface area contributed by atoms with Crippen molar-refractivity contribution in [3.63, 3.8) is 0 Å². The van der Waals surface area contributed by atoms with E-state index in [0.29, 0.717) is 18.2 Å². The van der Waals surface area contributed by atoms with E-state index in [2.05, 4.69) is 34.6 Å². The molecule has 1 aromatic carbocycles. The highest BCUT2D eigenvalue weighted by molar-refractivity contribution is 5.92. The van der Waals surface area contributed by atoms with E-state index in [1.54, 1.807) is 12.3 Å². The van der Waals surface area contributed by atoms with Gasteiger partial charge in [0.1, 0.15) is 5.69 Å². The third-order valence-corrected chi connectivity index (χ3v) is 7.40. The number of hydrogen-bond donors (Lipinski definition) is 1. The number of piperidine rings is 1. The summed E-state index contributed by atoms with van der Waals surface area (Å²) in [6.45, 7) is 1.48. The molecule has 1 unspecified atom stereocenters. The van der Waals surface area contributed by atoms with Crippen molar-refractivity contribution < 1.29 is 9.59 Å². The molecule has 2 heterocycles. The number of carbonyl (C=O) groups excluding carboxylic acids is 2. The second kappa shape index (κ2) is 7.86. The molecule has 0 bridgehead atoms. The highest BCUT2D eigenvalue weighted by Crippen LogP contribution is 2.52. The minimum atomic E-state index is 0.0214. The standard InChI is InChI=1S/C25H29N3O2/c29-23(27-19-6-5-7-19)16-18-17-25(21-9-2-1-8-20(18)21)11-14-28(15-12-25)24(30)22-10-3-4-13-26-22/h1-4,8-10,13,18-19H,5-7,11-12,14-17H2,(H,27,29). The van der Waals surface area contributed by atoms with E-state index < -0.39 is 0 Å². The van der Waals surface area contributed by atoms with Crippen molar-refractivity contribution in [2.24, 2.45) is 0 Å². The fraction of sp³-hybridized carbons (Fsp3) is 0.480. The van der Waals surface area contributed by atoms with Gasteiger partial charge in [0, 0.05) is 31.7 Å². The number of aromatic nitrogens is 1. The SMILES string of the molecule is O=C(CC1CC2(CCN(C(=O)c3ccccn3)CC2)c2ccccc21)NC1CCC1. The number of amides is 2. The van der Waals surface area contributed by atoms with Crippen LogP contribution in [0.1, 0.15) is 72.5 Å². The molecule has 1 atom stereocenters. The Bertz CT molecular complexity index is 930. The van der Waals surface area contributed by atoms with Gasteiger partial charge in [-0.3, -0.25) is 14.6 Å². The predicted molar refractivity (Wildman–Crippen MR) is 115 cm³/mol. The number of pyridine rings is 1. The molecule has 0 radical (unpaired) electrons. The van der Waals surface area contributed by atoms with Gasteiger partial charge in [0.05, 0.1) is 0 Å². The van der Waals surface area contributed by atoms with Gasteiger partial charge < -0.3 is 10.2 Å². The molecule has 1 aliphatic heterocycles. The summed E-state index contributed by atoms with van der Waals surface area (Å²) in [7, 11) is 0. The number of rotatable bonds is 4. The third-order valence-electron chi connectivity index (χ3n) is 7.40. The van der Waals surface area contributed by atoms with Crippen LogP contribution in [0.25, 0.3) is 0 Å². The van der Waals surface area contributed by atoms with Crippen LogP contribution < -0.4 is 5.32 Å². The van der Waals surface area contributed by atoms with Crippen LogP contribution in [0, 0.1) is 0 Å². The van der Waals surface area contributed by atoms with E-state index in [4.69, 9.17) is 0 Å². The van der Waals surface area contributed by atoms with Crippen molar-refractivity contribution in [1.29, 1.82) is 0 Å². The quantitative estimate of drug-likeness (QED) is 0.845. The average molecular weight is 404 g/mol. The van der Waals surface area contributed by atoms with Gasteiger partial charge in [-0.1, -0.05) is 30.3 Å². The van der Waals surface area contributed by atoms with Gasteiger partial charge in [-0.25, -0.2) is 0 Å². The second-order valence-corrected chi connectivity index (χ2v) is 9.18. The maximum Gasteiger partial charge on any atom is 0.272 e. The first-order chi connectivity index (χ1) is 14.6. The molecule has 156 valence electrons. The number of fused-ring (bicyclic) bond motifs is 2. The van der Waals surface area contributed by atoms with Crippen LogP contribution in [-0.4, -0.2) is 40.8 Å². The summed E-state index contributed by atoms with van der Waals surface area (Å²) in [4.78, 5) is 31.6. The number of likely N-dealkylation sites (tertiary alicyclic amines) is 1. The largest absolute Gasteiger partial charge is 0.353 e. The predicted octanol–water partition coefficient (Wildman–Crippen LogP) is 3.80. The molecule has 5 heteroatoms. The molecule has 1 aromatic heterocycles. The Hall–Kier alpha value is -2.69. The minimum Gasteiger partial charge on any atom is -0.353 e. The molecule has 1 saturated carbocycles. The Morgan fingerprint density at radius 2 is 1.83 bits per heavy atom. The molecule has 2 aliphatic carbocycles. The average Bonchev–Trinajstić information content (AvgIpc) is 3.05. The lowest BCUT2D eigenvalue weighted by Gasteiger charge is -2.40. The Morgan fingerprint density at radius 1 is 1.07 bits per heavy atom. The number of benzene rings is 1. The summed E-state index contributed by atoms with van der Waals surface area (Å²) in [6, 6.07) is 14.5. The number of nitrogens with zero attached hydrogens (tertiary/aromatic N) is 2. The molecule has 2 fully saturated rings. The first-order valence-electron chi connectivity index (χ1n) is 11.2. The fourth-order valence-corrected chi connectivity index (χ4v) is 5.54. The molecule has 1 N–H and O–H groups in total. The smallest absolute Gasteiger partial charge is 0.272 e. The van der Waals surface area contributed by atoms with Crippen molar-refractivity contribution in [2.75, 3.05) is 13.1 Å². The monoisotopic (exact) mass is 403 g/mol. The number of hydrogen-bond acceptors (Lipinski definition) is 3. The van der Waals surface area contributed by atoms with Crippen LogP contribution in [0.3, 0.4) is 0 Å². The lowest BCUT2D eigenvalue weighted by Crippen LogP contribution is -2.44. The summed E-state index contributed by atoms with van der Waals surface area (Å²) in [5.41, 5.74) is 3.34. The Labute approximate surface area is 177 Å². The molecule has 1 saturated heterocycles. The van der Waals surface area contributed by atoms with Crippen LogP contribution in [0.15, 0.2) is 48.7 Å². The molecule has 2 amide bonds. The van der Waals surface area contributed by atoms with Crippen LogP contribution in [-0.2, 0) is 10.2 Å². The van der Waals surface area contributed by atoms with Crippen LogP contribution >= 0.6 is 0 Å². The Kier molecular flexibility index (Phi) is 5.05. The second-order valence-electron chi connectivity index (χ2n) is 9.18. The summed E-state index contributed by atoms with van der Waals surface area (Å²) in [6.07, 6.45) is 8.63. The summed E-state index contributed by atoms with van der Waals surface area (Å²) >= 11 is 0. The summed E-state index contributed by atoms with van der Waals surface area (Å²) < 4.78 is 0. The van der Waals surface area contributed by atoms with Gasteiger partial charge >= 0.3 is 0 Å². The molecular formula is C25H29N3O2. The van der Waals surface area contributed by atoms with Gasteiger partial charge in [-0.15, -0.1) is 0 Å². The zero-order valence-corrected chi connectivity index (χ0v) is 17.3. The number of nitrogens with one attached hydrogen (secondary N) is 1. The van der Waals surface area contributed by atoms with E-state index in [-0.39, 0.29) is 23.1 Å². The van der Waals surface area contributed by atoms with E-state index >= 15 is 0 Å². The third kappa shape index (κ3) is 3.51. The van der Waals surface area contributed by atoms with Gasteiger partial charge in [-0.05, 0) is 73.1 Å². The molecule has 2 aromatic rings. The van der Waals surface area contributed by atoms with Crippen LogP contribution in [0.5, 0.6) is 0 Å². The zero-order valence-electron chi connectivity index (χ0n) is 17.3. The molecule has 5 nitrogen and oxygen atoms in total. The fourth-order valence-electron chi connectivity index (χ4n) is 5.54. The summed E-state index contributed by atoms with van der Waals surface area (Å²) in [5, 5.41) is 3.21. The maximum atomic E-state index is 12.8. The van der Waals surface area contributed by atoms with E-state index in [1.165, 1.54) is 17.5 Å². The Morgan fingerprint density at radius 3 is 2.53 bits per heavy atom. The first kappa shape index (κ1) is 19.3. The topological polar surface area (TPSA) is 62.3 Å². The lowest BCUT2D eigenvalue weighted by molar-refractivity contribution is -0.122. The van der Waals surface area contributed by atoms with Gasteiger partial charge in [0.2, 0.25) is 5.91 Å². The molecule has 5 rings (SSSR count). The maximum absolute atomic E-state index is 12.8. The van der Waals surface area contributed by atoms with Gasteiger partial charge in [0.25, 0.3) is 5.91 Å². The Balaban J connectivity index is 1.29. The highest BCUT2D eigenvalue weighted by Gasteiger charge is 2.46. The molecular weight excluding hydrogens is 374 g/mol.